The molecule has 0 aliphatic rings. The lowest BCUT2D eigenvalue weighted by Gasteiger charge is -2.12. The van der Waals surface area contributed by atoms with Crippen LogP contribution in [0.3, 0.4) is 0 Å². The monoisotopic (exact) mass is 371 g/mol. The second kappa shape index (κ2) is 8.28. The van der Waals surface area contributed by atoms with E-state index in [4.69, 9.17) is 27.9 Å². The summed E-state index contributed by atoms with van der Waals surface area (Å²) in [5, 5.41) is 4.68. The minimum absolute atomic E-state index is 0.389. The highest BCUT2D eigenvalue weighted by molar-refractivity contribution is 6.32. The van der Waals surface area contributed by atoms with E-state index in [1.54, 1.807) is 0 Å². The van der Waals surface area contributed by atoms with Gasteiger partial charge in [-0.3, -0.25) is 0 Å². The first-order valence-corrected chi connectivity index (χ1v) is 8.82. The van der Waals surface area contributed by atoms with Crippen molar-refractivity contribution in [3.05, 3.63) is 93.5 Å². The van der Waals surface area contributed by atoms with Crippen molar-refractivity contribution in [2.45, 2.75) is 20.1 Å². The molecule has 1 N–H and O–H groups in total. The van der Waals surface area contributed by atoms with Gasteiger partial charge in [-0.1, -0.05) is 59.6 Å². The van der Waals surface area contributed by atoms with Crippen molar-refractivity contribution in [1.82, 2.24) is 0 Å². The molecule has 128 valence electrons. The van der Waals surface area contributed by atoms with Crippen molar-refractivity contribution >= 4 is 28.9 Å². The molecule has 0 atom stereocenters. The fraction of sp³-hybridized carbons (Fsp3) is 0.143. The Bertz CT molecular complexity index is 864. The molecule has 3 aromatic rings. The minimum atomic E-state index is 0.389. The van der Waals surface area contributed by atoms with E-state index in [0.717, 1.165) is 16.8 Å². The molecule has 0 aromatic heterocycles. The van der Waals surface area contributed by atoms with Crippen LogP contribution in [0.4, 0.5) is 5.69 Å². The number of hydrogen-bond acceptors (Lipinski definition) is 2. The summed E-state index contributed by atoms with van der Waals surface area (Å²) in [6.45, 7) is 3.17. The number of aryl methyl sites for hydroxylation is 1. The molecular weight excluding hydrogens is 353 g/mol. The summed E-state index contributed by atoms with van der Waals surface area (Å²) in [6.07, 6.45) is 0. The van der Waals surface area contributed by atoms with Gasteiger partial charge in [0.1, 0.15) is 12.4 Å². The van der Waals surface area contributed by atoms with Gasteiger partial charge in [-0.25, -0.2) is 0 Å². The molecule has 0 heterocycles. The highest BCUT2D eigenvalue weighted by Gasteiger charge is 2.06. The largest absolute Gasteiger partial charge is 0.487 e. The zero-order chi connectivity index (χ0) is 17.6. The number of hydrogen-bond donors (Lipinski definition) is 1. The number of anilines is 1. The molecule has 0 saturated heterocycles. The van der Waals surface area contributed by atoms with Crippen LogP contribution in [0, 0.1) is 6.92 Å². The van der Waals surface area contributed by atoms with Crippen LogP contribution in [0.5, 0.6) is 5.75 Å². The van der Waals surface area contributed by atoms with Crippen LogP contribution in [-0.4, -0.2) is 0 Å². The first-order chi connectivity index (χ1) is 12.1. The Morgan fingerprint density at radius 2 is 1.72 bits per heavy atom. The molecule has 3 rings (SSSR count). The third-order valence-corrected chi connectivity index (χ3v) is 4.52. The van der Waals surface area contributed by atoms with Crippen LogP contribution >= 0.6 is 23.2 Å². The van der Waals surface area contributed by atoms with Gasteiger partial charge in [-0.15, -0.1) is 0 Å². The number of nitrogens with one attached hydrogen (secondary N) is 1. The number of ether oxygens (including phenoxy) is 1. The third kappa shape index (κ3) is 4.91. The molecule has 0 aliphatic carbocycles. The molecule has 0 radical (unpaired) electrons. The second-order valence-electron chi connectivity index (χ2n) is 5.87. The summed E-state index contributed by atoms with van der Waals surface area (Å²) >= 11 is 12.5. The van der Waals surface area contributed by atoms with Crippen LogP contribution < -0.4 is 10.1 Å². The first-order valence-electron chi connectivity index (χ1n) is 8.07. The van der Waals surface area contributed by atoms with Crippen LogP contribution in [0.1, 0.15) is 16.7 Å². The summed E-state index contributed by atoms with van der Waals surface area (Å²) in [4.78, 5) is 0. The van der Waals surface area contributed by atoms with Gasteiger partial charge in [0.05, 0.1) is 5.02 Å². The predicted octanol–water partition coefficient (Wildman–Crippen LogP) is 6.49. The summed E-state index contributed by atoms with van der Waals surface area (Å²) in [6, 6.07) is 21.7. The number of halogens is 2. The van der Waals surface area contributed by atoms with Gasteiger partial charge in [-0.05, 0) is 48.4 Å². The lowest BCUT2D eigenvalue weighted by molar-refractivity contribution is 0.306. The molecule has 0 aliphatic heterocycles. The summed E-state index contributed by atoms with van der Waals surface area (Å²) in [5.41, 5.74) is 4.35. The molecule has 0 unspecified atom stereocenters. The molecule has 0 amide bonds. The van der Waals surface area contributed by atoms with Gasteiger partial charge in [0, 0.05) is 22.8 Å². The van der Waals surface area contributed by atoms with Crippen LogP contribution in [0.15, 0.2) is 66.7 Å². The standard InChI is InChI=1S/C21H19Cl2NO/c1-15-5-4-7-18(11-15)24-13-16-9-10-21(20(23)12-16)25-14-17-6-2-3-8-19(17)22/h2-12,24H,13-14H2,1H3. The molecule has 0 bridgehead atoms. The van der Waals surface area contributed by atoms with Crippen molar-refractivity contribution < 1.29 is 4.74 Å². The normalized spacial score (nSPS) is 10.5. The van der Waals surface area contributed by atoms with E-state index in [2.05, 4.69) is 30.4 Å². The maximum absolute atomic E-state index is 6.36. The third-order valence-electron chi connectivity index (χ3n) is 3.85. The van der Waals surface area contributed by atoms with Crippen molar-refractivity contribution in [2.75, 3.05) is 5.32 Å². The lowest BCUT2D eigenvalue weighted by Crippen LogP contribution is -2.01. The lowest BCUT2D eigenvalue weighted by atomic mass is 10.2. The Morgan fingerprint density at radius 1 is 0.880 bits per heavy atom. The smallest absolute Gasteiger partial charge is 0.138 e. The van der Waals surface area contributed by atoms with Crippen LogP contribution in [0.25, 0.3) is 0 Å². The molecule has 0 saturated carbocycles. The maximum atomic E-state index is 6.36. The van der Waals surface area contributed by atoms with E-state index in [1.807, 2.05) is 48.5 Å². The molecule has 3 aromatic carbocycles. The van der Waals surface area contributed by atoms with Crippen molar-refractivity contribution in [2.24, 2.45) is 0 Å². The quantitative estimate of drug-likeness (QED) is 0.534. The molecule has 0 spiro atoms. The average molecular weight is 372 g/mol. The number of rotatable bonds is 6. The molecule has 25 heavy (non-hydrogen) atoms. The Balaban J connectivity index is 1.61. The summed E-state index contributed by atoms with van der Waals surface area (Å²) in [7, 11) is 0. The Hall–Kier alpha value is -2.16. The van der Waals surface area contributed by atoms with Crippen LogP contribution in [-0.2, 0) is 13.2 Å². The Labute approximate surface area is 158 Å². The topological polar surface area (TPSA) is 21.3 Å². The number of benzene rings is 3. The van der Waals surface area contributed by atoms with E-state index in [0.29, 0.717) is 28.9 Å². The molecule has 2 nitrogen and oxygen atoms in total. The SMILES string of the molecule is Cc1cccc(NCc2ccc(OCc3ccccc3Cl)c(Cl)c2)c1. The molecule has 0 fully saturated rings. The van der Waals surface area contributed by atoms with Crippen molar-refractivity contribution in [3.8, 4) is 5.75 Å². The summed E-state index contributed by atoms with van der Waals surface area (Å²) < 4.78 is 5.80. The molecule has 4 heteroatoms. The van der Waals surface area contributed by atoms with E-state index in [1.165, 1.54) is 5.56 Å². The van der Waals surface area contributed by atoms with Crippen molar-refractivity contribution in [3.63, 3.8) is 0 Å². The zero-order valence-corrected chi connectivity index (χ0v) is 15.4. The fourth-order valence-electron chi connectivity index (χ4n) is 2.50. The van der Waals surface area contributed by atoms with Gasteiger partial charge in [0.15, 0.2) is 0 Å². The van der Waals surface area contributed by atoms with Gasteiger partial charge in [0.2, 0.25) is 0 Å². The van der Waals surface area contributed by atoms with E-state index in [9.17, 15) is 0 Å². The second-order valence-corrected chi connectivity index (χ2v) is 6.68. The van der Waals surface area contributed by atoms with E-state index >= 15 is 0 Å². The van der Waals surface area contributed by atoms with Crippen molar-refractivity contribution in [1.29, 1.82) is 0 Å². The average Bonchev–Trinajstić information content (AvgIpc) is 2.60. The van der Waals surface area contributed by atoms with Gasteiger partial charge in [-0.2, -0.15) is 0 Å². The Kier molecular flexibility index (Phi) is 5.85. The predicted molar refractivity (Wildman–Crippen MR) is 106 cm³/mol. The maximum Gasteiger partial charge on any atom is 0.138 e. The fourth-order valence-corrected chi connectivity index (χ4v) is 2.95. The van der Waals surface area contributed by atoms with Gasteiger partial charge in [0.25, 0.3) is 0 Å². The first kappa shape index (κ1) is 17.7. The van der Waals surface area contributed by atoms with Crippen LogP contribution in [0.2, 0.25) is 10.0 Å². The summed E-state index contributed by atoms with van der Waals surface area (Å²) in [5.74, 6) is 0.654. The van der Waals surface area contributed by atoms with Gasteiger partial charge >= 0.3 is 0 Å². The minimum Gasteiger partial charge on any atom is -0.487 e. The van der Waals surface area contributed by atoms with Gasteiger partial charge < -0.3 is 10.1 Å². The highest BCUT2D eigenvalue weighted by atomic mass is 35.5. The van der Waals surface area contributed by atoms with E-state index in [-0.39, 0.29) is 0 Å². The zero-order valence-electron chi connectivity index (χ0n) is 13.9. The molecular formula is C21H19Cl2NO. The highest BCUT2D eigenvalue weighted by Crippen LogP contribution is 2.27. The van der Waals surface area contributed by atoms with E-state index < -0.39 is 0 Å². The Morgan fingerprint density at radius 3 is 2.48 bits per heavy atom.